The summed E-state index contributed by atoms with van der Waals surface area (Å²) in [6.07, 6.45) is 3.02. The number of nitrogens with one attached hydrogen (secondary N) is 2. The molecule has 0 amide bonds. The van der Waals surface area contributed by atoms with E-state index < -0.39 is 9.84 Å². The van der Waals surface area contributed by atoms with Crippen molar-refractivity contribution >= 4 is 15.8 Å². The molecule has 2 heterocycles. The van der Waals surface area contributed by atoms with Crippen LogP contribution in [-0.2, 0) is 16.3 Å². The van der Waals surface area contributed by atoms with Gasteiger partial charge >= 0.3 is 0 Å². The lowest BCUT2D eigenvalue weighted by atomic mass is 10.3. The van der Waals surface area contributed by atoms with E-state index in [1.807, 2.05) is 19.1 Å². The first-order chi connectivity index (χ1) is 9.59. The molecule has 20 heavy (non-hydrogen) atoms. The predicted molar refractivity (Wildman–Crippen MR) is 78.6 cm³/mol. The largest absolute Gasteiger partial charge is 0.469 e. The summed E-state index contributed by atoms with van der Waals surface area (Å²) in [5.74, 6) is 2.01. The standard InChI is InChI=1S/C13H21N3O3S/c1-2-14-13(15-7-5-12-4-3-8-19-12)16-11-6-9-20(17,18)10-11/h3-4,8,11H,2,5-7,9-10H2,1H3,(H2,14,15,16). The van der Waals surface area contributed by atoms with Crippen molar-refractivity contribution in [2.45, 2.75) is 25.8 Å². The zero-order chi connectivity index (χ0) is 14.4. The molecule has 0 spiro atoms. The minimum Gasteiger partial charge on any atom is -0.469 e. The number of guanidine groups is 1. The Morgan fingerprint density at radius 3 is 3.00 bits per heavy atom. The van der Waals surface area contributed by atoms with Gasteiger partial charge in [-0.05, 0) is 25.5 Å². The van der Waals surface area contributed by atoms with Crippen molar-refractivity contribution in [2.24, 2.45) is 4.99 Å². The van der Waals surface area contributed by atoms with E-state index in [0.717, 1.165) is 18.7 Å². The quantitative estimate of drug-likeness (QED) is 0.613. The molecule has 0 saturated carbocycles. The normalized spacial score (nSPS) is 21.9. The summed E-state index contributed by atoms with van der Waals surface area (Å²) in [4.78, 5) is 4.44. The van der Waals surface area contributed by atoms with Gasteiger partial charge < -0.3 is 15.1 Å². The molecule has 0 radical (unpaired) electrons. The topological polar surface area (TPSA) is 83.7 Å². The third kappa shape index (κ3) is 4.56. The predicted octanol–water partition coefficient (Wildman–Crippen LogP) is 0.564. The second-order valence-corrected chi connectivity index (χ2v) is 7.06. The monoisotopic (exact) mass is 299 g/mol. The van der Waals surface area contributed by atoms with Crippen LogP contribution in [0.4, 0.5) is 0 Å². The van der Waals surface area contributed by atoms with Crippen molar-refractivity contribution in [2.75, 3.05) is 24.6 Å². The molecule has 1 atom stereocenters. The summed E-state index contributed by atoms with van der Waals surface area (Å²) in [6, 6.07) is 3.73. The number of furan rings is 1. The molecule has 1 aromatic heterocycles. The average Bonchev–Trinajstić information content (AvgIpc) is 2.99. The van der Waals surface area contributed by atoms with Crippen LogP contribution in [0.15, 0.2) is 27.8 Å². The lowest BCUT2D eigenvalue weighted by molar-refractivity contribution is 0.510. The van der Waals surface area contributed by atoms with Crippen molar-refractivity contribution in [1.82, 2.24) is 10.6 Å². The van der Waals surface area contributed by atoms with Gasteiger partial charge in [0.15, 0.2) is 15.8 Å². The van der Waals surface area contributed by atoms with Crippen LogP contribution < -0.4 is 10.6 Å². The highest BCUT2D eigenvalue weighted by molar-refractivity contribution is 7.91. The van der Waals surface area contributed by atoms with Gasteiger partial charge in [-0.2, -0.15) is 0 Å². The maximum atomic E-state index is 11.4. The lowest BCUT2D eigenvalue weighted by Gasteiger charge is -2.15. The van der Waals surface area contributed by atoms with Crippen LogP contribution in [0.25, 0.3) is 0 Å². The molecule has 2 N–H and O–H groups in total. The Bertz CT molecular complexity index is 537. The van der Waals surface area contributed by atoms with E-state index in [4.69, 9.17) is 4.42 Å². The first-order valence-electron chi connectivity index (χ1n) is 6.87. The van der Waals surface area contributed by atoms with Crippen LogP contribution in [0.1, 0.15) is 19.1 Å². The van der Waals surface area contributed by atoms with E-state index in [0.29, 0.717) is 18.9 Å². The zero-order valence-electron chi connectivity index (χ0n) is 11.6. The van der Waals surface area contributed by atoms with Crippen LogP contribution in [0.5, 0.6) is 0 Å². The number of aliphatic imine (C=N–C) groups is 1. The van der Waals surface area contributed by atoms with Gasteiger partial charge in [0.05, 0.1) is 17.8 Å². The van der Waals surface area contributed by atoms with Gasteiger partial charge in [0.1, 0.15) is 5.76 Å². The van der Waals surface area contributed by atoms with E-state index in [2.05, 4.69) is 15.6 Å². The molecular formula is C13H21N3O3S. The Kier molecular flexibility index (Phi) is 5.05. The van der Waals surface area contributed by atoms with Crippen LogP contribution in [-0.4, -0.2) is 45.0 Å². The maximum absolute atomic E-state index is 11.4. The van der Waals surface area contributed by atoms with Crippen LogP contribution >= 0.6 is 0 Å². The molecule has 7 heteroatoms. The molecule has 112 valence electrons. The van der Waals surface area contributed by atoms with Crippen molar-refractivity contribution < 1.29 is 12.8 Å². The molecule has 1 aliphatic heterocycles. The van der Waals surface area contributed by atoms with E-state index in [1.165, 1.54) is 0 Å². The number of hydrogen-bond acceptors (Lipinski definition) is 4. The molecule has 0 aliphatic carbocycles. The zero-order valence-corrected chi connectivity index (χ0v) is 12.4. The number of nitrogens with zero attached hydrogens (tertiary/aromatic N) is 1. The van der Waals surface area contributed by atoms with Gasteiger partial charge in [0.2, 0.25) is 0 Å². The van der Waals surface area contributed by atoms with Gasteiger partial charge in [-0.25, -0.2) is 8.42 Å². The molecule has 6 nitrogen and oxygen atoms in total. The molecule has 1 aromatic rings. The van der Waals surface area contributed by atoms with Gasteiger partial charge in [-0.15, -0.1) is 0 Å². The maximum Gasteiger partial charge on any atom is 0.191 e. The van der Waals surface area contributed by atoms with Crippen LogP contribution in [0.2, 0.25) is 0 Å². The highest BCUT2D eigenvalue weighted by Crippen LogP contribution is 2.11. The Labute approximate surface area is 119 Å². The van der Waals surface area contributed by atoms with Gasteiger partial charge in [-0.3, -0.25) is 4.99 Å². The van der Waals surface area contributed by atoms with Gasteiger partial charge in [-0.1, -0.05) is 0 Å². The highest BCUT2D eigenvalue weighted by atomic mass is 32.2. The third-order valence-electron chi connectivity index (χ3n) is 3.13. The molecule has 1 aliphatic rings. The molecule has 0 bridgehead atoms. The number of hydrogen-bond donors (Lipinski definition) is 2. The minimum absolute atomic E-state index is 0.0404. The van der Waals surface area contributed by atoms with Crippen molar-refractivity contribution in [3.05, 3.63) is 24.2 Å². The number of rotatable bonds is 5. The molecular weight excluding hydrogens is 278 g/mol. The Morgan fingerprint density at radius 1 is 1.55 bits per heavy atom. The summed E-state index contributed by atoms with van der Waals surface area (Å²) in [5.41, 5.74) is 0. The fourth-order valence-corrected chi connectivity index (χ4v) is 3.83. The third-order valence-corrected chi connectivity index (χ3v) is 4.89. The summed E-state index contributed by atoms with van der Waals surface area (Å²) in [6.45, 7) is 3.32. The Balaban J connectivity index is 1.86. The minimum atomic E-state index is -2.87. The molecule has 2 rings (SSSR count). The fraction of sp³-hybridized carbons (Fsp3) is 0.615. The SMILES string of the molecule is CCNC(=NCCc1ccco1)NC1CCS(=O)(=O)C1. The van der Waals surface area contributed by atoms with Gasteiger partial charge in [0, 0.05) is 25.6 Å². The average molecular weight is 299 g/mol. The molecule has 0 aromatic carbocycles. The second-order valence-electron chi connectivity index (χ2n) is 4.83. The summed E-state index contributed by atoms with van der Waals surface area (Å²) >= 11 is 0. The van der Waals surface area contributed by atoms with E-state index in [1.54, 1.807) is 6.26 Å². The van der Waals surface area contributed by atoms with Crippen molar-refractivity contribution in [1.29, 1.82) is 0 Å². The summed E-state index contributed by atoms with van der Waals surface area (Å²) in [7, 11) is -2.87. The Morgan fingerprint density at radius 2 is 2.40 bits per heavy atom. The summed E-state index contributed by atoms with van der Waals surface area (Å²) < 4.78 is 28.1. The number of sulfone groups is 1. The van der Waals surface area contributed by atoms with Gasteiger partial charge in [0.25, 0.3) is 0 Å². The summed E-state index contributed by atoms with van der Waals surface area (Å²) in [5, 5.41) is 6.31. The fourth-order valence-electron chi connectivity index (χ4n) is 2.15. The lowest BCUT2D eigenvalue weighted by Crippen LogP contribution is -2.44. The van der Waals surface area contributed by atoms with Crippen molar-refractivity contribution in [3.8, 4) is 0 Å². The van der Waals surface area contributed by atoms with E-state index in [9.17, 15) is 8.42 Å². The van der Waals surface area contributed by atoms with E-state index in [-0.39, 0.29) is 17.5 Å². The van der Waals surface area contributed by atoms with E-state index >= 15 is 0 Å². The van der Waals surface area contributed by atoms with Crippen molar-refractivity contribution in [3.63, 3.8) is 0 Å². The molecule has 1 unspecified atom stereocenters. The van der Waals surface area contributed by atoms with Crippen LogP contribution in [0, 0.1) is 0 Å². The first-order valence-corrected chi connectivity index (χ1v) is 8.69. The molecule has 1 saturated heterocycles. The molecule has 1 fully saturated rings. The van der Waals surface area contributed by atoms with Crippen LogP contribution in [0.3, 0.4) is 0 Å². The Hall–Kier alpha value is -1.50. The highest BCUT2D eigenvalue weighted by Gasteiger charge is 2.28. The smallest absolute Gasteiger partial charge is 0.191 e. The first kappa shape index (κ1) is 14.9. The second kappa shape index (κ2) is 6.78.